The van der Waals surface area contributed by atoms with Crippen molar-refractivity contribution in [3.8, 4) is 0 Å². The van der Waals surface area contributed by atoms with Gasteiger partial charge in [-0.1, -0.05) is 0 Å². The molecule has 0 saturated heterocycles. The molecule has 0 aromatic rings. The molecule has 0 bridgehead atoms. The van der Waals surface area contributed by atoms with Crippen LogP contribution in [0.25, 0.3) is 0 Å². The van der Waals surface area contributed by atoms with Crippen molar-refractivity contribution in [1.29, 1.82) is 0 Å². The van der Waals surface area contributed by atoms with Crippen molar-refractivity contribution < 1.29 is 24.2 Å². The van der Waals surface area contributed by atoms with Gasteiger partial charge in [0.15, 0.2) is 0 Å². The summed E-state index contributed by atoms with van der Waals surface area (Å²) >= 11 is 0.611. The Hall–Kier alpha value is 2.28. The van der Waals surface area contributed by atoms with Gasteiger partial charge in [0.25, 0.3) is 0 Å². The van der Waals surface area contributed by atoms with E-state index in [9.17, 15) is 0 Å². The Bertz CT molecular complexity index is 11.6. The maximum absolute atomic E-state index is 8.28. The molecule has 0 amide bonds. The van der Waals surface area contributed by atoms with E-state index in [-0.39, 0.29) is 62.4 Å². The van der Waals surface area contributed by atoms with Crippen LogP contribution < -0.4 is 0 Å². The summed E-state index contributed by atoms with van der Waals surface area (Å²) in [4.78, 5) is 0. The summed E-state index contributed by atoms with van der Waals surface area (Å²) in [6, 6.07) is 0. The van der Waals surface area contributed by atoms with Gasteiger partial charge in [0.1, 0.15) is 0 Å². The summed E-state index contributed by atoms with van der Waals surface area (Å²) in [5.74, 6) is 0. The van der Waals surface area contributed by atoms with Gasteiger partial charge in [-0.3, -0.25) is 0 Å². The summed E-state index contributed by atoms with van der Waals surface area (Å²) < 4.78 is 8.28. The maximum atomic E-state index is 8.28. The van der Waals surface area contributed by atoms with Crippen LogP contribution in [-0.2, 0) is 24.2 Å². The van der Waals surface area contributed by atoms with Crippen LogP contribution in [0, 0.1) is 0 Å². The Morgan fingerprint density at radius 1 is 1.20 bits per heavy atom. The van der Waals surface area contributed by atoms with Gasteiger partial charge in [-0.15, -0.1) is 12.4 Å². The molecular formula is H3AlClNaOPd. The summed E-state index contributed by atoms with van der Waals surface area (Å²) in [6.07, 6.45) is 0. The van der Waals surface area contributed by atoms with Gasteiger partial charge in [-0.05, 0) is 0 Å². The van der Waals surface area contributed by atoms with Gasteiger partial charge in [-0.25, -0.2) is 0 Å². The van der Waals surface area contributed by atoms with E-state index >= 15 is 0 Å². The summed E-state index contributed by atoms with van der Waals surface area (Å²) in [5.41, 5.74) is 0. The number of hydrogen-bond acceptors (Lipinski definition) is 1. The fourth-order valence-electron chi connectivity index (χ4n) is 0. The van der Waals surface area contributed by atoms with Crippen molar-refractivity contribution in [2.75, 3.05) is 0 Å². The average molecular weight is 211 g/mol. The van der Waals surface area contributed by atoms with E-state index < -0.39 is 0 Å². The fraction of sp³-hybridized carbons (Fsp3) is 0. The molecule has 0 spiro atoms. The Morgan fingerprint density at radius 2 is 1.20 bits per heavy atom. The van der Waals surface area contributed by atoms with Crippen molar-refractivity contribution in [3.05, 3.63) is 0 Å². The molecule has 0 aliphatic rings. The quantitative estimate of drug-likeness (QED) is 0.470. The zero-order valence-electron chi connectivity index (χ0n) is 1.84. The minimum atomic E-state index is 0. The zero-order valence-corrected chi connectivity index (χ0v) is 5.63. The second-order valence-corrected chi connectivity index (χ2v) is 0. The van der Waals surface area contributed by atoms with Crippen molar-refractivity contribution in [3.63, 3.8) is 0 Å². The Morgan fingerprint density at radius 3 is 1.20 bits per heavy atom. The van der Waals surface area contributed by atoms with Crippen LogP contribution in [0.3, 0.4) is 0 Å². The van der Waals surface area contributed by atoms with Crippen molar-refractivity contribution in [2.45, 2.75) is 0 Å². The van der Waals surface area contributed by atoms with E-state index in [1.807, 2.05) is 0 Å². The molecule has 5 heteroatoms. The third kappa shape index (κ3) is 22.1. The molecule has 1 nitrogen and oxygen atoms in total. The van der Waals surface area contributed by atoms with Gasteiger partial charge < -0.3 is 0 Å². The first-order valence-electron chi connectivity index (χ1n) is 0.289. The molecule has 0 aromatic heterocycles. The Balaban J connectivity index is -0.00000000167. The predicted octanol–water partition coefficient (Wildman–Crippen LogP) is -0.997. The average Bonchev–Trinajstić information content (AvgIpc) is 1.00. The molecule has 0 aliphatic carbocycles. The van der Waals surface area contributed by atoms with Gasteiger partial charge >= 0.3 is 49.6 Å². The van der Waals surface area contributed by atoms with Crippen LogP contribution in [0.2, 0.25) is 0 Å². The molecule has 5 heavy (non-hydrogen) atoms. The standard InChI is InChI=1S/Al.ClH.Na.O.Pd.2H/h;1H;;;;;. The van der Waals surface area contributed by atoms with E-state index in [1.54, 1.807) is 0 Å². The molecular weight excluding hydrogens is 208 g/mol. The first-order chi connectivity index (χ1) is 1.00. The molecule has 0 atom stereocenters. The fourth-order valence-corrected chi connectivity index (χ4v) is 0. The number of hydrogen-bond donors (Lipinski definition) is 0. The normalized spacial score (nSPS) is 0.600. The monoisotopic (exact) mass is 210 g/mol. The van der Waals surface area contributed by atoms with Gasteiger partial charge in [0, 0.05) is 20.4 Å². The second kappa shape index (κ2) is 33.6. The summed E-state index contributed by atoms with van der Waals surface area (Å²) in [6.45, 7) is 0. The van der Waals surface area contributed by atoms with Gasteiger partial charge in [-0.2, -0.15) is 0 Å². The predicted molar refractivity (Wildman–Crippen MR) is 22.2 cm³/mol. The first-order valence-corrected chi connectivity index (χ1v) is 0.866. The molecule has 0 fully saturated rings. The van der Waals surface area contributed by atoms with E-state index in [0.29, 0.717) is 16.2 Å². The molecule has 0 heterocycles. The van der Waals surface area contributed by atoms with Crippen LogP contribution in [0.15, 0.2) is 0 Å². The van der Waals surface area contributed by atoms with Crippen molar-refractivity contribution in [1.82, 2.24) is 0 Å². The minimum absolute atomic E-state index is 0. The third-order valence-corrected chi connectivity index (χ3v) is 0. The van der Waals surface area contributed by atoms with E-state index in [0.717, 1.165) is 0 Å². The first kappa shape index (κ1) is 26.7. The smallest absolute Gasteiger partial charge is 0 e. The molecule has 30 valence electrons. The molecule has 0 unspecified atom stereocenters. The van der Waals surface area contributed by atoms with Crippen LogP contribution in [0.1, 0.15) is 0 Å². The zero-order chi connectivity index (χ0) is 2.00. The molecule has 0 saturated carbocycles. The van der Waals surface area contributed by atoms with Crippen molar-refractivity contribution >= 4 is 58.2 Å². The molecule has 0 radical (unpaired) electrons. The van der Waals surface area contributed by atoms with Gasteiger partial charge in [0.2, 0.25) is 0 Å². The van der Waals surface area contributed by atoms with Crippen LogP contribution in [0.5, 0.6) is 0 Å². The summed E-state index contributed by atoms with van der Waals surface area (Å²) in [7, 11) is 0. The van der Waals surface area contributed by atoms with Crippen molar-refractivity contribution in [2.24, 2.45) is 0 Å². The third-order valence-electron chi connectivity index (χ3n) is 0. The Labute approximate surface area is 81.3 Å². The van der Waals surface area contributed by atoms with Crippen LogP contribution >= 0.6 is 12.4 Å². The largest absolute Gasteiger partial charge is 0 e. The second-order valence-electron chi connectivity index (χ2n) is 0. The van der Waals surface area contributed by atoms with Gasteiger partial charge in [0.05, 0.1) is 0 Å². The topological polar surface area (TPSA) is 17.1 Å². The molecule has 0 rings (SSSR count). The van der Waals surface area contributed by atoms with E-state index in [2.05, 4.69) is 0 Å². The Kier molecular flexibility index (Phi) is 179. The van der Waals surface area contributed by atoms with Crippen LogP contribution in [-0.4, -0.2) is 45.8 Å². The van der Waals surface area contributed by atoms with Crippen LogP contribution in [0.4, 0.5) is 0 Å². The number of rotatable bonds is 0. The van der Waals surface area contributed by atoms with E-state index in [4.69, 9.17) is 3.80 Å². The maximum Gasteiger partial charge on any atom is 0 e. The SMILES string of the molecule is Cl.[NaH].[O]=[AlH].[Pd]. The molecule has 0 aliphatic heterocycles. The minimum Gasteiger partial charge on any atom is 0 e. The molecule has 0 N–H and O–H groups in total. The molecule has 0 aromatic carbocycles. The summed E-state index contributed by atoms with van der Waals surface area (Å²) in [5, 5.41) is 0. The number of halogens is 1. The van der Waals surface area contributed by atoms with E-state index in [1.165, 1.54) is 0 Å².